The molecule has 5 N–H and O–H groups in total. The summed E-state index contributed by atoms with van der Waals surface area (Å²) in [7, 11) is -1.63. The number of nitrogens with two attached hydrogens (primary N) is 1. The minimum atomic E-state index is -2.82. The van der Waals surface area contributed by atoms with Crippen LogP contribution in [0.1, 0.15) is 38.3 Å². The molecule has 0 aliphatic carbocycles. The maximum Gasteiger partial charge on any atom is 0.356 e. The molecule has 12 heteroatoms. The van der Waals surface area contributed by atoms with Crippen LogP contribution in [-0.4, -0.2) is 44.4 Å². The molecule has 0 radical (unpaired) electrons. The van der Waals surface area contributed by atoms with Crippen LogP contribution in [0.4, 0.5) is 11.4 Å². The lowest BCUT2D eigenvalue weighted by Gasteiger charge is -2.10. The highest BCUT2D eigenvalue weighted by molar-refractivity contribution is 7.99. The first-order valence-electron chi connectivity index (χ1n) is 9.41. The number of aromatic nitrogens is 2. The van der Waals surface area contributed by atoms with Gasteiger partial charge in [-0.1, -0.05) is 11.6 Å². The van der Waals surface area contributed by atoms with Gasteiger partial charge in [0, 0.05) is 16.3 Å². The average Bonchev–Trinajstić information content (AvgIpc) is 3.30. The molecule has 3 rings (SSSR count). The molecular weight excluding hydrogens is 470 g/mol. The summed E-state index contributed by atoms with van der Waals surface area (Å²) in [5.41, 5.74) is 0.854. The number of nitrogens with one attached hydrogen (secondary N) is 3. The van der Waals surface area contributed by atoms with E-state index < -0.39 is 27.5 Å². The molecule has 33 heavy (non-hydrogen) atoms. The SMILES string of the molecule is CC=S(N)(=O)c1ccc(C(=O)Nc2ccc(NC(=O)c3nc[nH]c3C(=O)OC)cc2)c(Cl)c1. The third-order valence-electron chi connectivity index (χ3n) is 4.55. The molecule has 0 spiro atoms. The Morgan fingerprint density at radius 3 is 2.24 bits per heavy atom. The van der Waals surface area contributed by atoms with Crippen molar-refractivity contribution in [1.82, 2.24) is 9.97 Å². The first kappa shape index (κ1) is 24.0. The summed E-state index contributed by atoms with van der Waals surface area (Å²) in [5, 5.41) is 12.5. The van der Waals surface area contributed by atoms with Crippen LogP contribution in [0.15, 0.2) is 53.7 Å². The maximum absolute atomic E-state index is 12.6. The van der Waals surface area contributed by atoms with Crippen LogP contribution in [0.2, 0.25) is 5.02 Å². The van der Waals surface area contributed by atoms with Gasteiger partial charge in [-0.15, -0.1) is 0 Å². The topological polar surface area (TPSA) is 156 Å². The highest BCUT2D eigenvalue weighted by Crippen LogP contribution is 2.22. The van der Waals surface area contributed by atoms with E-state index >= 15 is 0 Å². The Balaban J connectivity index is 1.69. The number of methoxy groups -OCH3 is 1. The van der Waals surface area contributed by atoms with E-state index in [-0.39, 0.29) is 22.0 Å². The first-order chi connectivity index (χ1) is 15.7. The Hall–Kier alpha value is -3.67. The van der Waals surface area contributed by atoms with Gasteiger partial charge in [0.05, 0.1) is 33.7 Å². The number of nitrogens with zero attached hydrogens (tertiary/aromatic N) is 1. The van der Waals surface area contributed by atoms with Crippen molar-refractivity contribution in [2.24, 2.45) is 5.14 Å². The highest BCUT2D eigenvalue weighted by Gasteiger charge is 2.21. The quantitative estimate of drug-likeness (QED) is 0.308. The molecule has 3 aromatic rings. The van der Waals surface area contributed by atoms with E-state index in [1.807, 2.05) is 0 Å². The van der Waals surface area contributed by atoms with Gasteiger partial charge in [0.25, 0.3) is 11.8 Å². The van der Waals surface area contributed by atoms with E-state index in [2.05, 4.69) is 25.3 Å². The molecule has 1 unspecified atom stereocenters. The monoisotopic (exact) mass is 489 g/mol. The smallest absolute Gasteiger partial charge is 0.356 e. The number of carbonyl (C=O) groups is 3. The van der Waals surface area contributed by atoms with Crippen molar-refractivity contribution < 1.29 is 23.3 Å². The number of benzene rings is 2. The average molecular weight is 490 g/mol. The Morgan fingerprint density at radius 1 is 1.09 bits per heavy atom. The van der Waals surface area contributed by atoms with Crippen molar-refractivity contribution in [2.75, 3.05) is 17.7 Å². The number of hydrogen-bond donors (Lipinski definition) is 4. The zero-order valence-corrected chi connectivity index (χ0v) is 19.1. The third kappa shape index (κ3) is 5.40. The van der Waals surface area contributed by atoms with Gasteiger partial charge >= 0.3 is 5.97 Å². The molecule has 2 aromatic carbocycles. The van der Waals surface area contributed by atoms with Gasteiger partial charge in [0.1, 0.15) is 0 Å². The van der Waals surface area contributed by atoms with Crippen LogP contribution in [0.5, 0.6) is 0 Å². The summed E-state index contributed by atoms with van der Waals surface area (Å²) < 4.78 is 16.8. The lowest BCUT2D eigenvalue weighted by atomic mass is 10.2. The number of aromatic amines is 1. The molecule has 0 aliphatic rings. The maximum atomic E-state index is 12.6. The number of esters is 1. The van der Waals surface area contributed by atoms with E-state index in [9.17, 15) is 18.6 Å². The van der Waals surface area contributed by atoms with Crippen LogP contribution >= 0.6 is 11.6 Å². The fourth-order valence-electron chi connectivity index (χ4n) is 2.76. The fraction of sp³-hybridized carbons (Fsp3) is 0.0952. The van der Waals surface area contributed by atoms with Gasteiger partial charge in [0.15, 0.2) is 11.4 Å². The Labute approximate surface area is 194 Å². The number of anilines is 2. The van der Waals surface area contributed by atoms with Gasteiger partial charge in [-0.2, -0.15) is 0 Å². The van der Waals surface area contributed by atoms with Crippen molar-refractivity contribution in [3.63, 3.8) is 0 Å². The fourth-order valence-corrected chi connectivity index (χ4v) is 3.95. The largest absolute Gasteiger partial charge is 0.464 e. The van der Waals surface area contributed by atoms with Crippen molar-refractivity contribution >= 4 is 55.8 Å². The summed E-state index contributed by atoms with van der Waals surface area (Å²) in [6, 6.07) is 10.6. The number of hydrogen-bond acceptors (Lipinski definition) is 6. The predicted molar refractivity (Wildman–Crippen MR) is 126 cm³/mol. The summed E-state index contributed by atoms with van der Waals surface area (Å²) in [6.07, 6.45) is 1.21. The highest BCUT2D eigenvalue weighted by atomic mass is 35.5. The normalized spacial score (nSPS) is 12.4. The molecule has 1 atom stereocenters. The second kappa shape index (κ2) is 9.86. The number of H-pyrrole nitrogens is 1. The van der Waals surface area contributed by atoms with Gasteiger partial charge in [0.2, 0.25) is 0 Å². The Kier molecular flexibility index (Phi) is 7.16. The summed E-state index contributed by atoms with van der Waals surface area (Å²) in [4.78, 5) is 43.4. The standard InChI is InChI=1S/C21H20ClN5O5S/c1-3-33(23,31)14-8-9-15(16(22)10-14)19(28)26-12-4-6-13(7-5-12)27-20(29)17-18(21(30)32-2)25-11-24-17/h3-11H,1-2H3,(H2,23,31)(H,24,25)(H,26,28)(H,27,29). The Morgan fingerprint density at radius 2 is 1.70 bits per heavy atom. The second-order valence-electron chi connectivity index (χ2n) is 6.63. The molecule has 1 aromatic heterocycles. The number of imidazole rings is 1. The van der Waals surface area contributed by atoms with E-state index in [1.54, 1.807) is 31.2 Å². The zero-order chi connectivity index (χ0) is 24.2. The van der Waals surface area contributed by atoms with Crippen molar-refractivity contribution in [1.29, 1.82) is 0 Å². The molecule has 10 nitrogen and oxygen atoms in total. The lowest BCUT2D eigenvalue weighted by molar-refractivity contribution is 0.0591. The molecule has 0 saturated heterocycles. The third-order valence-corrected chi connectivity index (χ3v) is 6.55. The molecule has 0 bridgehead atoms. The number of amides is 2. The number of ether oxygens (including phenoxy) is 1. The minimum Gasteiger partial charge on any atom is -0.464 e. The summed E-state index contributed by atoms with van der Waals surface area (Å²) in [6.45, 7) is 1.58. The number of carbonyl (C=O) groups excluding carboxylic acids is 3. The molecule has 2 amide bonds. The van der Waals surface area contributed by atoms with Crippen molar-refractivity contribution in [2.45, 2.75) is 11.8 Å². The van der Waals surface area contributed by atoms with E-state index in [0.29, 0.717) is 16.3 Å². The molecule has 0 aliphatic heterocycles. The van der Waals surface area contributed by atoms with Crippen LogP contribution in [-0.2, 0) is 14.4 Å². The van der Waals surface area contributed by atoms with Gasteiger partial charge in [-0.25, -0.2) is 14.0 Å². The van der Waals surface area contributed by atoms with E-state index in [0.717, 1.165) is 0 Å². The van der Waals surface area contributed by atoms with E-state index in [4.69, 9.17) is 16.7 Å². The number of rotatable bonds is 6. The van der Waals surface area contributed by atoms with Crippen LogP contribution in [0, 0.1) is 0 Å². The lowest BCUT2D eigenvalue weighted by Crippen LogP contribution is -2.17. The van der Waals surface area contributed by atoms with Crippen LogP contribution in [0.25, 0.3) is 0 Å². The van der Waals surface area contributed by atoms with Crippen LogP contribution < -0.4 is 15.8 Å². The summed E-state index contributed by atoms with van der Waals surface area (Å²) >= 11 is 6.19. The van der Waals surface area contributed by atoms with Crippen LogP contribution in [0.3, 0.4) is 0 Å². The molecule has 0 saturated carbocycles. The molecule has 1 heterocycles. The second-order valence-corrected chi connectivity index (χ2v) is 9.27. The zero-order valence-electron chi connectivity index (χ0n) is 17.5. The van der Waals surface area contributed by atoms with Crippen molar-refractivity contribution in [3.8, 4) is 0 Å². The molecule has 0 fully saturated rings. The first-order valence-corrected chi connectivity index (χ1v) is 11.5. The summed E-state index contributed by atoms with van der Waals surface area (Å²) in [5.74, 6) is -1.81. The number of halogens is 1. The Bertz CT molecular complexity index is 1340. The van der Waals surface area contributed by atoms with E-state index in [1.165, 1.54) is 37.0 Å². The van der Waals surface area contributed by atoms with Gasteiger partial charge in [-0.05, 0) is 54.8 Å². The minimum absolute atomic E-state index is 0.0657. The van der Waals surface area contributed by atoms with Crippen molar-refractivity contribution in [3.05, 3.63) is 70.8 Å². The molecular formula is C21H20ClN5O5S. The molecule has 172 valence electrons. The van der Waals surface area contributed by atoms with Gasteiger partial charge < -0.3 is 20.4 Å². The predicted octanol–water partition coefficient (Wildman–Crippen LogP) is 2.69. The van der Waals surface area contributed by atoms with Gasteiger partial charge in [-0.3, -0.25) is 14.7 Å².